The lowest BCUT2D eigenvalue weighted by atomic mass is 10.2. The minimum atomic E-state index is 0.0756. The Labute approximate surface area is 127 Å². The highest BCUT2D eigenvalue weighted by atomic mass is 15.1. The van der Waals surface area contributed by atoms with Crippen LogP contribution in [-0.4, -0.2) is 32.0 Å². The number of nitrogens with two attached hydrogens (primary N) is 3. The number of rotatable bonds is 4. The molecule has 0 aliphatic carbocycles. The first-order valence-corrected chi connectivity index (χ1v) is 7.06. The number of nitrogens with zero attached hydrogens (tertiary/aromatic N) is 5. The van der Waals surface area contributed by atoms with Gasteiger partial charge < -0.3 is 21.8 Å². The summed E-state index contributed by atoms with van der Waals surface area (Å²) in [6.45, 7) is 3.11. The van der Waals surface area contributed by atoms with E-state index in [4.69, 9.17) is 17.2 Å². The number of fused-ring (bicyclic) bond motifs is 3. The van der Waals surface area contributed by atoms with Crippen LogP contribution in [0.4, 0.5) is 5.82 Å². The highest BCUT2D eigenvalue weighted by Gasteiger charge is 2.16. The summed E-state index contributed by atoms with van der Waals surface area (Å²) in [5.74, 6) is 1.39. The van der Waals surface area contributed by atoms with Crippen LogP contribution < -0.4 is 17.2 Å². The molecule has 0 unspecified atom stereocenters. The summed E-state index contributed by atoms with van der Waals surface area (Å²) in [5.41, 5.74) is 19.9. The van der Waals surface area contributed by atoms with E-state index in [-0.39, 0.29) is 5.96 Å². The average Bonchev–Trinajstić information content (AvgIpc) is 2.87. The van der Waals surface area contributed by atoms with Crippen LogP contribution in [-0.2, 0) is 13.0 Å². The van der Waals surface area contributed by atoms with Crippen molar-refractivity contribution in [2.45, 2.75) is 19.9 Å². The molecule has 3 aromatic rings. The third-order valence-electron chi connectivity index (χ3n) is 3.48. The van der Waals surface area contributed by atoms with E-state index in [1.807, 2.05) is 19.1 Å². The standard InChI is InChI=1S/C14H18N8/c1-2-9-21-11-12(22(9)7-6-19-14(16)17)10-8(20-13(11)15)4-3-5-18-10/h3-5H,2,6-7H2,1H3,(H2,15,20)(H4,16,17,19). The number of imidazole rings is 1. The summed E-state index contributed by atoms with van der Waals surface area (Å²) >= 11 is 0. The zero-order valence-corrected chi connectivity index (χ0v) is 12.3. The van der Waals surface area contributed by atoms with Gasteiger partial charge in [0, 0.05) is 19.2 Å². The Morgan fingerprint density at radius 3 is 2.82 bits per heavy atom. The summed E-state index contributed by atoms with van der Waals surface area (Å²) in [4.78, 5) is 17.5. The van der Waals surface area contributed by atoms with Crippen molar-refractivity contribution in [3.8, 4) is 0 Å². The van der Waals surface area contributed by atoms with Crippen LogP contribution in [0, 0.1) is 0 Å². The molecule has 3 rings (SSSR count). The van der Waals surface area contributed by atoms with E-state index in [9.17, 15) is 0 Å². The topological polar surface area (TPSA) is 134 Å². The summed E-state index contributed by atoms with van der Waals surface area (Å²) in [7, 11) is 0. The molecule has 0 saturated carbocycles. The minimum absolute atomic E-state index is 0.0756. The Balaban J connectivity index is 2.25. The van der Waals surface area contributed by atoms with Gasteiger partial charge >= 0.3 is 0 Å². The third-order valence-corrected chi connectivity index (χ3v) is 3.48. The molecule has 6 N–H and O–H groups in total. The Morgan fingerprint density at radius 1 is 1.27 bits per heavy atom. The maximum absolute atomic E-state index is 6.05. The second kappa shape index (κ2) is 5.47. The molecule has 8 heteroatoms. The van der Waals surface area contributed by atoms with Crippen molar-refractivity contribution < 1.29 is 0 Å². The largest absolute Gasteiger partial charge is 0.382 e. The van der Waals surface area contributed by atoms with Gasteiger partial charge in [-0.15, -0.1) is 0 Å². The van der Waals surface area contributed by atoms with Crippen LogP contribution in [0.3, 0.4) is 0 Å². The van der Waals surface area contributed by atoms with Gasteiger partial charge in [-0.05, 0) is 12.1 Å². The van der Waals surface area contributed by atoms with Gasteiger partial charge in [-0.3, -0.25) is 9.98 Å². The van der Waals surface area contributed by atoms with Crippen LogP contribution >= 0.6 is 0 Å². The SMILES string of the molecule is CCc1nc2c(N)nc3cccnc3c2n1CCN=C(N)N. The smallest absolute Gasteiger partial charge is 0.185 e. The predicted octanol–water partition coefficient (Wildman–Crippen LogP) is 0.398. The summed E-state index contributed by atoms with van der Waals surface area (Å²) in [6, 6.07) is 3.72. The summed E-state index contributed by atoms with van der Waals surface area (Å²) in [5, 5.41) is 0. The fourth-order valence-electron chi connectivity index (χ4n) is 2.56. The number of anilines is 1. The predicted molar refractivity (Wildman–Crippen MR) is 87.3 cm³/mol. The van der Waals surface area contributed by atoms with Crippen LogP contribution in [0.25, 0.3) is 22.1 Å². The maximum Gasteiger partial charge on any atom is 0.185 e. The van der Waals surface area contributed by atoms with Crippen molar-refractivity contribution >= 4 is 33.8 Å². The molecule has 0 aliphatic heterocycles. The number of guanidine groups is 1. The van der Waals surface area contributed by atoms with Crippen LogP contribution in [0.15, 0.2) is 23.3 Å². The van der Waals surface area contributed by atoms with Crippen molar-refractivity contribution in [2.24, 2.45) is 16.5 Å². The molecule has 114 valence electrons. The van der Waals surface area contributed by atoms with E-state index < -0.39 is 0 Å². The lowest BCUT2D eigenvalue weighted by Crippen LogP contribution is -2.23. The zero-order valence-electron chi connectivity index (χ0n) is 12.3. The van der Waals surface area contributed by atoms with Crippen molar-refractivity contribution in [3.63, 3.8) is 0 Å². The Bertz CT molecular complexity index is 860. The van der Waals surface area contributed by atoms with E-state index in [0.717, 1.165) is 28.8 Å². The molecule has 22 heavy (non-hydrogen) atoms. The van der Waals surface area contributed by atoms with Gasteiger partial charge in [-0.2, -0.15) is 0 Å². The number of aliphatic imine (C=N–C) groups is 1. The molecule has 0 amide bonds. The van der Waals surface area contributed by atoms with Gasteiger partial charge in [0.25, 0.3) is 0 Å². The molecule has 3 aromatic heterocycles. The monoisotopic (exact) mass is 298 g/mol. The molecule has 0 aliphatic rings. The number of hydrogen-bond donors (Lipinski definition) is 3. The molecular weight excluding hydrogens is 280 g/mol. The molecule has 3 heterocycles. The van der Waals surface area contributed by atoms with E-state index in [1.54, 1.807) is 6.20 Å². The molecule has 0 spiro atoms. The van der Waals surface area contributed by atoms with E-state index >= 15 is 0 Å². The van der Waals surface area contributed by atoms with Crippen molar-refractivity contribution in [2.75, 3.05) is 12.3 Å². The Kier molecular flexibility index (Phi) is 3.50. The Morgan fingerprint density at radius 2 is 2.09 bits per heavy atom. The van der Waals surface area contributed by atoms with Crippen LogP contribution in [0.5, 0.6) is 0 Å². The first-order valence-electron chi connectivity index (χ1n) is 7.06. The molecule has 0 bridgehead atoms. The van der Waals surface area contributed by atoms with Gasteiger partial charge in [0.05, 0.1) is 12.1 Å². The Hall–Kier alpha value is -2.90. The fraction of sp³-hybridized carbons (Fsp3) is 0.286. The number of nitrogen functional groups attached to an aromatic ring is 1. The lowest BCUT2D eigenvalue weighted by molar-refractivity contribution is 0.685. The summed E-state index contributed by atoms with van der Waals surface area (Å²) in [6.07, 6.45) is 2.50. The van der Waals surface area contributed by atoms with Crippen LogP contribution in [0.1, 0.15) is 12.7 Å². The summed E-state index contributed by atoms with van der Waals surface area (Å²) < 4.78 is 2.06. The molecular formula is C14H18N8. The normalized spacial score (nSPS) is 11.1. The van der Waals surface area contributed by atoms with E-state index in [2.05, 4.69) is 24.5 Å². The van der Waals surface area contributed by atoms with Gasteiger partial charge in [0.15, 0.2) is 11.8 Å². The quantitative estimate of drug-likeness (QED) is 0.471. The van der Waals surface area contributed by atoms with Crippen molar-refractivity contribution in [3.05, 3.63) is 24.2 Å². The minimum Gasteiger partial charge on any atom is -0.382 e. The molecule has 8 nitrogen and oxygen atoms in total. The maximum atomic E-state index is 6.05. The highest BCUT2D eigenvalue weighted by Crippen LogP contribution is 2.27. The molecule has 0 fully saturated rings. The third kappa shape index (κ3) is 2.28. The number of aromatic nitrogens is 4. The molecule has 0 saturated heterocycles. The van der Waals surface area contributed by atoms with Crippen LogP contribution in [0.2, 0.25) is 0 Å². The van der Waals surface area contributed by atoms with Crippen molar-refractivity contribution in [1.29, 1.82) is 0 Å². The first-order chi connectivity index (χ1) is 10.6. The molecule has 0 radical (unpaired) electrons. The van der Waals surface area contributed by atoms with E-state index in [1.165, 1.54) is 0 Å². The van der Waals surface area contributed by atoms with Gasteiger partial charge in [0.1, 0.15) is 22.4 Å². The zero-order chi connectivity index (χ0) is 15.7. The highest BCUT2D eigenvalue weighted by molar-refractivity contribution is 6.04. The van der Waals surface area contributed by atoms with E-state index in [0.29, 0.717) is 24.4 Å². The number of aryl methyl sites for hydroxylation is 1. The lowest BCUT2D eigenvalue weighted by Gasteiger charge is -2.08. The molecule has 0 atom stereocenters. The van der Waals surface area contributed by atoms with Gasteiger partial charge in [0.2, 0.25) is 0 Å². The van der Waals surface area contributed by atoms with Gasteiger partial charge in [-0.1, -0.05) is 6.92 Å². The first kappa shape index (κ1) is 14.1. The average molecular weight is 298 g/mol. The van der Waals surface area contributed by atoms with Crippen molar-refractivity contribution in [1.82, 2.24) is 19.5 Å². The fourth-order valence-corrected chi connectivity index (χ4v) is 2.56. The number of hydrogen-bond acceptors (Lipinski definition) is 5. The second-order valence-electron chi connectivity index (χ2n) is 4.91. The second-order valence-corrected chi connectivity index (χ2v) is 4.91. The number of pyridine rings is 2. The van der Waals surface area contributed by atoms with Gasteiger partial charge in [-0.25, -0.2) is 9.97 Å². The molecule has 0 aromatic carbocycles.